The Kier molecular flexibility index (Phi) is 4.02. The monoisotopic (exact) mass is 318 g/mol. The largest absolute Gasteiger partial charge is 0.461 e. The summed E-state index contributed by atoms with van der Waals surface area (Å²) in [6.07, 6.45) is 1.19. The lowest BCUT2D eigenvalue weighted by Crippen LogP contribution is -2.48. The van der Waals surface area contributed by atoms with Crippen molar-refractivity contribution in [2.24, 2.45) is 0 Å². The highest BCUT2D eigenvalue weighted by atomic mass is 32.1. The number of furan rings is 1. The molecule has 1 N–H and O–H groups in total. The molecule has 0 bridgehead atoms. The van der Waals surface area contributed by atoms with E-state index < -0.39 is 0 Å². The minimum atomic E-state index is -0.0905. The predicted molar refractivity (Wildman–Crippen MR) is 84.9 cm³/mol. The molecule has 6 heteroatoms. The van der Waals surface area contributed by atoms with Crippen LogP contribution in [-0.2, 0) is 4.79 Å². The number of likely N-dealkylation sites (N-methyl/N-ethyl adjacent to an activating group) is 1. The van der Waals surface area contributed by atoms with Crippen LogP contribution in [0.25, 0.3) is 10.6 Å². The number of carbonyl (C=O) groups excluding carboxylic acids is 2. The number of thiophene rings is 1. The van der Waals surface area contributed by atoms with Gasteiger partial charge in [-0.3, -0.25) is 9.59 Å². The molecule has 0 aromatic carbocycles. The Morgan fingerprint density at radius 2 is 2.18 bits per heavy atom. The van der Waals surface area contributed by atoms with Crippen molar-refractivity contribution in [3.8, 4) is 10.6 Å². The summed E-state index contributed by atoms with van der Waals surface area (Å²) < 4.78 is 5.57. The molecular weight excluding hydrogens is 300 g/mol. The van der Waals surface area contributed by atoms with Gasteiger partial charge in [-0.15, -0.1) is 11.3 Å². The number of amides is 2. The van der Waals surface area contributed by atoms with Gasteiger partial charge in [0, 0.05) is 26.1 Å². The molecule has 2 amide bonds. The summed E-state index contributed by atoms with van der Waals surface area (Å²) in [6, 6.07) is 7.54. The molecule has 0 spiro atoms. The average molecular weight is 318 g/mol. The molecule has 1 aliphatic heterocycles. The highest BCUT2D eigenvalue weighted by molar-refractivity contribution is 7.17. The third kappa shape index (κ3) is 3.06. The van der Waals surface area contributed by atoms with Gasteiger partial charge >= 0.3 is 0 Å². The van der Waals surface area contributed by atoms with Gasteiger partial charge in [-0.05, 0) is 37.6 Å². The van der Waals surface area contributed by atoms with Crippen molar-refractivity contribution in [1.82, 2.24) is 10.2 Å². The number of likely N-dealkylation sites (tertiary alicyclic amines) is 1. The zero-order valence-corrected chi connectivity index (χ0v) is 13.4. The van der Waals surface area contributed by atoms with Crippen LogP contribution in [0.1, 0.15) is 28.3 Å². The van der Waals surface area contributed by atoms with E-state index in [1.807, 2.05) is 31.2 Å². The van der Waals surface area contributed by atoms with Crippen molar-refractivity contribution in [2.75, 3.05) is 13.6 Å². The molecule has 0 radical (unpaired) electrons. The molecule has 1 aliphatic rings. The van der Waals surface area contributed by atoms with Crippen LogP contribution in [0.15, 0.2) is 28.7 Å². The summed E-state index contributed by atoms with van der Waals surface area (Å²) >= 11 is 1.41. The first-order chi connectivity index (χ1) is 10.5. The van der Waals surface area contributed by atoms with E-state index in [0.29, 0.717) is 24.3 Å². The lowest BCUT2D eigenvalue weighted by Gasteiger charge is -2.29. The van der Waals surface area contributed by atoms with Crippen LogP contribution in [0.4, 0.5) is 0 Å². The van der Waals surface area contributed by atoms with Crippen LogP contribution in [0, 0.1) is 6.92 Å². The fourth-order valence-corrected chi connectivity index (χ4v) is 3.42. The Hall–Kier alpha value is -2.08. The van der Waals surface area contributed by atoms with E-state index in [1.165, 1.54) is 11.3 Å². The Balaban J connectivity index is 1.66. The second-order valence-electron chi connectivity index (χ2n) is 5.56. The van der Waals surface area contributed by atoms with Gasteiger partial charge in [0.25, 0.3) is 5.91 Å². The van der Waals surface area contributed by atoms with E-state index in [9.17, 15) is 9.59 Å². The first-order valence-corrected chi connectivity index (χ1v) is 8.06. The molecule has 2 aromatic rings. The van der Waals surface area contributed by atoms with Crippen molar-refractivity contribution in [2.45, 2.75) is 25.8 Å². The van der Waals surface area contributed by atoms with Crippen molar-refractivity contribution in [3.63, 3.8) is 0 Å². The zero-order chi connectivity index (χ0) is 15.7. The maximum atomic E-state index is 12.3. The Bertz CT molecular complexity index is 704. The SMILES string of the molecule is Cc1ccc(-c2ccc(C(=O)NC3CCC(=O)N(C)C3)s2)o1. The number of carbonyl (C=O) groups is 2. The Morgan fingerprint density at radius 1 is 1.36 bits per heavy atom. The maximum absolute atomic E-state index is 12.3. The first kappa shape index (κ1) is 14.8. The van der Waals surface area contributed by atoms with Gasteiger partial charge in [-0.25, -0.2) is 0 Å². The van der Waals surface area contributed by atoms with E-state index in [2.05, 4.69) is 5.32 Å². The molecule has 3 heterocycles. The number of nitrogens with zero attached hydrogens (tertiary/aromatic N) is 1. The topological polar surface area (TPSA) is 62.6 Å². The van der Waals surface area contributed by atoms with E-state index in [0.717, 1.165) is 16.4 Å². The van der Waals surface area contributed by atoms with Crippen molar-refractivity contribution >= 4 is 23.2 Å². The Morgan fingerprint density at radius 3 is 2.86 bits per heavy atom. The zero-order valence-electron chi connectivity index (χ0n) is 12.6. The summed E-state index contributed by atoms with van der Waals surface area (Å²) in [5, 5.41) is 3.00. The van der Waals surface area contributed by atoms with Gasteiger partial charge in [0.15, 0.2) is 0 Å². The number of piperidine rings is 1. The molecule has 3 rings (SSSR count). The predicted octanol–water partition coefficient (Wildman–Crippen LogP) is 2.67. The van der Waals surface area contributed by atoms with Gasteiger partial charge < -0.3 is 14.6 Å². The minimum absolute atomic E-state index is 0.0200. The molecule has 22 heavy (non-hydrogen) atoms. The molecule has 0 saturated carbocycles. The van der Waals surface area contributed by atoms with Crippen LogP contribution >= 0.6 is 11.3 Å². The summed E-state index contributed by atoms with van der Waals surface area (Å²) in [6.45, 7) is 2.46. The number of hydrogen-bond donors (Lipinski definition) is 1. The van der Waals surface area contributed by atoms with Crippen molar-refractivity contribution in [3.05, 3.63) is 34.9 Å². The third-order valence-corrected chi connectivity index (χ3v) is 4.87. The van der Waals surface area contributed by atoms with Crippen molar-refractivity contribution < 1.29 is 14.0 Å². The van der Waals surface area contributed by atoms with Crippen LogP contribution in [0.2, 0.25) is 0 Å². The molecule has 1 fully saturated rings. The van der Waals surface area contributed by atoms with Gasteiger partial charge in [0.05, 0.1) is 9.75 Å². The van der Waals surface area contributed by atoms with Crippen LogP contribution in [-0.4, -0.2) is 36.3 Å². The molecule has 1 atom stereocenters. The van der Waals surface area contributed by atoms with Crippen LogP contribution in [0.5, 0.6) is 0 Å². The quantitative estimate of drug-likeness (QED) is 0.946. The van der Waals surface area contributed by atoms with Gasteiger partial charge in [0.2, 0.25) is 5.91 Å². The van der Waals surface area contributed by atoms with Gasteiger partial charge in [-0.2, -0.15) is 0 Å². The van der Waals surface area contributed by atoms with E-state index >= 15 is 0 Å². The second-order valence-corrected chi connectivity index (χ2v) is 6.64. The van der Waals surface area contributed by atoms with E-state index in [1.54, 1.807) is 11.9 Å². The lowest BCUT2D eigenvalue weighted by molar-refractivity contribution is -0.132. The molecule has 0 aliphatic carbocycles. The molecule has 2 aromatic heterocycles. The number of nitrogens with one attached hydrogen (secondary N) is 1. The summed E-state index contributed by atoms with van der Waals surface area (Å²) in [5.74, 6) is 1.68. The molecule has 1 saturated heterocycles. The first-order valence-electron chi connectivity index (χ1n) is 7.24. The summed E-state index contributed by atoms with van der Waals surface area (Å²) in [5.41, 5.74) is 0. The van der Waals surface area contributed by atoms with Crippen LogP contribution < -0.4 is 5.32 Å². The minimum Gasteiger partial charge on any atom is -0.461 e. The third-order valence-electron chi connectivity index (χ3n) is 3.77. The van der Waals surface area contributed by atoms with E-state index in [-0.39, 0.29) is 17.9 Å². The molecule has 116 valence electrons. The summed E-state index contributed by atoms with van der Waals surface area (Å²) in [7, 11) is 1.77. The molecule has 5 nitrogen and oxygen atoms in total. The van der Waals surface area contributed by atoms with Crippen molar-refractivity contribution in [1.29, 1.82) is 0 Å². The highest BCUT2D eigenvalue weighted by Crippen LogP contribution is 2.29. The average Bonchev–Trinajstić information content (AvgIpc) is 3.11. The normalized spacial score (nSPS) is 18.5. The molecule has 1 unspecified atom stereocenters. The fraction of sp³-hybridized carbons (Fsp3) is 0.375. The second kappa shape index (κ2) is 5.96. The lowest BCUT2D eigenvalue weighted by atomic mass is 10.1. The fourth-order valence-electron chi connectivity index (χ4n) is 2.55. The maximum Gasteiger partial charge on any atom is 0.261 e. The number of aryl methyl sites for hydroxylation is 1. The smallest absolute Gasteiger partial charge is 0.261 e. The molecular formula is C16H18N2O3S. The Labute approximate surface area is 132 Å². The number of rotatable bonds is 3. The van der Waals surface area contributed by atoms with E-state index in [4.69, 9.17) is 4.42 Å². The number of hydrogen-bond acceptors (Lipinski definition) is 4. The van der Waals surface area contributed by atoms with Crippen LogP contribution in [0.3, 0.4) is 0 Å². The van der Waals surface area contributed by atoms with Gasteiger partial charge in [0.1, 0.15) is 11.5 Å². The van der Waals surface area contributed by atoms with Gasteiger partial charge in [-0.1, -0.05) is 0 Å². The standard InChI is InChI=1S/C16H18N2O3S/c1-10-3-5-12(21-10)13-6-7-14(22-13)16(20)17-11-4-8-15(19)18(2)9-11/h3,5-7,11H,4,8-9H2,1-2H3,(H,17,20). The highest BCUT2D eigenvalue weighted by Gasteiger charge is 2.24. The summed E-state index contributed by atoms with van der Waals surface area (Å²) in [4.78, 5) is 27.0.